The maximum absolute atomic E-state index is 4.66. The van der Waals surface area contributed by atoms with Gasteiger partial charge >= 0.3 is 0 Å². The Balaban J connectivity index is 1.30. The molecule has 184 valence electrons. The number of para-hydroxylation sites is 2. The molecular weight excluding hydrogens is 476 g/mol. The van der Waals surface area contributed by atoms with Crippen molar-refractivity contribution in [2.24, 2.45) is 0 Å². The van der Waals surface area contributed by atoms with E-state index in [-0.39, 0.29) is 0 Å². The van der Waals surface area contributed by atoms with Crippen molar-refractivity contribution in [2.45, 2.75) is 6.92 Å². The molecule has 0 aliphatic heterocycles. The van der Waals surface area contributed by atoms with E-state index < -0.39 is 0 Å². The van der Waals surface area contributed by atoms with E-state index >= 15 is 0 Å². The van der Waals surface area contributed by atoms with Crippen molar-refractivity contribution in [1.82, 2.24) is 19.2 Å². The average molecular weight is 501 g/mol. The van der Waals surface area contributed by atoms with E-state index in [1.807, 2.05) is 0 Å². The monoisotopic (exact) mass is 500 g/mol. The summed E-state index contributed by atoms with van der Waals surface area (Å²) in [5, 5.41) is 14.1. The van der Waals surface area contributed by atoms with Crippen LogP contribution in [0.25, 0.3) is 66.4 Å². The number of pyridine rings is 1. The smallest absolute Gasteiger partial charge is 0.169 e. The molecule has 0 bridgehead atoms. The third-order valence-electron chi connectivity index (χ3n) is 7.74. The Bertz CT molecular complexity index is 2110. The van der Waals surface area contributed by atoms with E-state index in [0.717, 1.165) is 28.1 Å². The summed E-state index contributed by atoms with van der Waals surface area (Å²) < 4.78 is 4.46. The zero-order valence-corrected chi connectivity index (χ0v) is 21.4. The van der Waals surface area contributed by atoms with Crippen molar-refractivity contribution in [3.63, 3.8) is 0 Å². The Morgan fingerprint density at radius 2 is 1.08 bits per heavy atom. The summed E-state index contributed by atoms with van der Waals surface area (Å²) in [6.45, 7) is 2.12. The molecule has 0 spiro atoms. The number of hydrogen-bond acceptors (Lipinski definition) is 2. The molecule has 0 saturated carbocycles. The van der Waals surface area contributed by atoms with Gasteiger partial charge in [0.15, 0.2) is 11.5 Å². The van der Waals surface area contributed by atoms with Gasteiger partial charge in [-0.25, -0.2) is 0 Å². The second-order valence-corrected chi connectivity index (χ2v) is 10.1. The van der Waals surface area contributed by atoms with E-state index in [2.05, 4.69) is 154 Å². The first-order valence-electron chi connectivity index (χ1n) is 13.2. The Morgan fingerprint density at radius 3 is 1.74 bits per heavy atom. The number of nitrogens with zero attached hydrogens (tertiary/aromatic N) is 4. The predicted octanol–water partition coefficient (Wildman–Crippen LogP) is 8.62. The minimum absolute atomic E-state index is 0.831. The molecular formula is C35H24N4. The summed E-state index contributed by atoms with van der Waals surface area (Å²) in [4.78, 5) is 0. The van der Waals surface area contributed by atoms with Gasteiger partial charge in [-0.15, -0.1) is 10.2 Å². The molecule has 8 rings (SSSR count). The van der Waals surface area contributed by atoms with Crippen LogP contribution in [-0.2, 0) is 0 Å². The zero-order chi connectivity index (χ0) is 25.9. The standard InChI is InChI=1S/C35H24N4/c1-23-14-16-24(17-15-23)31-22-38-34(36-37-35(38)30-11-3-2-8-27(30)31)25-18-20-26(21-19-25)39-32-12-6-4-9-28(32)29-10-5-7-13-33(29)39/h2-22H,1H3. The van der Waals surface area contributed by atoms with Gasteiger partial charge in [0.25, 0.3) is 0 Å². The van der Waals surface area contributed by atoms with E-state index in [1.165, 1.54) is 43.9 Å². The highest BCUT2D eigenvalue weighted by atomic mass is 15.2. The Labute approximate surface area is 225 Å². The zero-order valence-electron chi connectivity index (χ0n) is 21.4. The molecule has 0 N–H and O–H groups in total. The molecule has 39 heavy (non-hydrogen) atoms. The fourth-order valence-electron chi connectivity index (χ4n) is 5.83. The van der Waals surface area contributed by atoms with Crippen molar-refractivity contribution in [3.05, 3.63) is 133 Å². The van der Waals surface area contributed by atoms with Crippen LogP contribution >= 0.6 is 0 Å². The van der Waals surface area contributed by atoms with Crippen molar-refractivity contribution in [2.75, 3.05) is 0 Å². The molecule has 0 radical (unpaired) electrons. The van der Waals surface area contributed by atoms with Crippen molar-refractivity contribution >= 4 is 38.2 Å². The highest BCUT2D eigenvalue weighted by Gasteiger charge is 2.16. The molecule has 3 heterocycles. The molecule has 4 heteroatoms. The van der Waals surface area contributed by atoms with Crippen LogP contribution in [0.3, 0.4) is 0 Å². The molecule has 0 atom stereocenters. The van der Waals surface area contributed by atoms with Gasteiger partial charge in [-0.2, -0.15) is 0 Å². The van der Waals surface area contributed by atoms with Gasteiger partial charge in [-0.1, -0.05) is 90.5 Å². The first-order valence-corrected chi connectivity index (χ1v) is 13.2. The first-order chi connectivity index (χ1) is 19.3. The number of rotatable bonds is 3. The molecule has 0 saturated heterocycles. The maximum Gasteiger partial charge on any atom is 0.169 e. The third-order valence-corrected chi connectivity index (χ3v) is 7.74. The molecule has 5 aromatic carbocycles. The number of aryl methyl sites for hydroxylation is 1. The Kier molecular flexibility index (Phi) is 4.70. The number of hydrogen-bond donors (Lipinski definition) is 0. The summed E-state index contributed by atoms with van der Waals surface area (Å²) in [5.41, 5.74) is 9.01. The fourth-order valence-corrected chi connectivity index (χ4v) is 5.83. The maximum atomic E-state index is 4.66. The normalized spacial score (nSPS) is 11.7. The van der Waals surface area contributed by atoms with Crippen LogP contribution in [0.15, 0.2) is 128 Å². The van der Waals surface area contributed by atoms with Gasteiger partial charge in [-0.3, -0.25) is 4.40 Å². The topological polar surface area (TPSA) is 35.1 Å². The van der Waals surface area contributed by atoms with Crippen LogP contribution in [0.5, 0.6) is 0 Å². The second-order valence-electron chi connectivity index (χ2n) is 10.1. The highest BCUT2D eigenvalue weighted by molar-refractivity contribution is 6.09. The van der Waals surface area contributed by atoms with Crippen LogP contribution < -0.4 is 0 Å². The summed E-state index contributed by atoms with van der Waals surface area (Å²) in [6.07, 6.45) is 2.18. The summed E-state index contributed by atoms with van der Waals surface area (Å²) >= 11 is 0. The molecule has 0 unspecified atom stereocenters. The summed E-state index contributed by atoms with van der Waals surface area (Å²) in [6, 6.07) is 43.0. The van der Waals surface area contributed by atoms with Crippen LogP contribution in [-0.4, -0.2) is 19.2 Å². The van der Waals surface area contributed by atoms with Gasteiger partial charge < -0.3 is 4.57 Å². The van der Waals surface area contributed by atoms with Crippen molar-refractivity contribution in [1.29, 1.82) is 0 Å². The van der Waals surface area contributed by atoms with Gasteiger partial charge in [0.05, 0.1) is 11.0 Å². The molecule has 0 amide bonds. The lowest BCUT2D eigenvalue weighted by Gasteiger charge is -2.11. The first kappa shape index (κ1) is 21.8. The lowest BCUT2D eigenvalue weighted by Crippen LogP contribution is -1.95. The van der Waals surface area contributed by atoms with Gasteiger partial charge in [0.1, 0.15) is 0 Å². The number of fused-ring (bicyclic) bond motifs is 6. The summed E-state index contributed by atoms with van der Waals surface area (Å²) in [5.74, 6) is 0.831. The number of aromatic nitrogens is 4. The molecule has 8 aromatic rings. The minimum Gasteiger partial charge on any atom is -0.309 e. The van der Waals surface area contributed by atoms with E-state index in [9.17, 15) is 0 Å². The highest BCUT2D eigenvalue weighted by Crippen LogP contribution is 2.35. The number of benzene rings is 5. The van der Waals surface area contributed by atoms with E-state index in [0.29, 0.717) is 0 Å². The van der Waals surface area contributed by atoms with Crippen molar-refractivity contribution < 1.29 is 0 Å². The van der Waals surface area contributed by atoms with E-state index in [1.54, 1.807) is 0 Å². The average Bonchev–Trinajstić information content (AvgIpc) is 3.57. The quantitative estimate of drug-likeness (QED) is 0.243. The molecule has 3 aromatic heterocycles. The SMILES string of the molecule is Cc1ccc(-c2cn3c(-c4ccc(-n5c6ccccc6c6ccccc65)cc4)nnc3c3ccccc23)cc1. The lowest BCUT2D eigenvalue weighted by molar-refractivity contribution is 1.11. The lowest BCUT2D eigenvalue weighted by atomic mass is 9.99. The van der Waals surface area contributed by atoms with Gasteiger partial charge in [-0.05, 0) is 54.3 Å². The van der Waals surface area contributed by atoms with Gasteiger partial charge in [0, 0.05) is 39.2 Å². The largest absolute Gasteiger partial charge is 0.309 e. The molecule has 0 aliphatic rings. The molecule has 4 nitrogen and oxygen atoms in total. The van der Waals surface area contributed by atoms with Crippen LogP contribution in [0.4, 0.5) is 0 Å². The second kappa shape index (κ2) is 8.40. The third kappa shape index (κ3) is 3.32. The molecule has 0 fully saturated rings. The van der Waals surface area contributed by atoms with Crippen LogP contribution in [0.1, 0.15) is 5.56 Å². The van der Waals surface area contributed by atoms with Crippen LogP contribution in [0, 0.1) is 6.92 Å². The van der Waals surface area contributed by atoms with Crippen LogP contribution in [0.2, 0.25) is 0 Å². The predicted molar refractivity (Wildman–Crippen MR) is 160 cm³/mol. The fraction of sp³-hybridized carbons (Fsp3) is 0.0286. The minimum atomic E-state index is 0.831. The van der Waals surface area contributed by atoms with Gasteiger partial charge in [0.2, 0.25) is 0 Å². The van der Waals surface area contributed by atoms with E-state index in [4.69, 9.17) is 0 Å². The Hall–Kier alpha value is -5.22. The summed E-state index contributed by atoms with van der Waals surface area (Å²) in [7, 11) is 0. The Morgan fingerprint density at radius 1 is 0.513 bits per heavy atom. The van der Waals surface area contributed by atoms with Crippen molar-refractivity contribution in [3.8, 4) is 28.2 Å². The molecule has 0 aliphatic carbocycles.